The lowest BCUT2D eigenvalue weighted by atomic mass is 10.0. The molecule has 1 aliphatic heterocycles. The van der Waals surface area contributed by atoms with E-state index in [0.717, 1.165) is 24.9 Å². The van der Waals surface area contributed by atoms with Crippen LogP contribution in [-0.4, -0.2) is 31.1 Å². The number of piperidine rings is 1. The van der Waals surface area contributed by atoms with Crippen LogP contribution in [0.25, 0.3) is 0 Å². The molecule has 0 aromatic heterocycles. The van der Waals surface area contributed by atoms with Gasteiger partial charge in [0.1, 0.15) is 0 Å². The number of benzene rings is 1. The zero-order valence-corrected chi connectivity index (χ0v) is 12.1. The number of amides is 1. The largest absolute Gasteiger partial charge is 0.375 e. The topological polar surface area (TPSA) is 50.4 Å². The molecule has 2 unspecified atom stereocenters. The average molecular weight is 276 g/mol. The van der Waals surface area contributed by atoms with Crippen molar-refractivity contribution in [3.05, 3.63) is 35.9 Å². The van der Waals surface area contributed by atoms with Crippen LogP contribution in [0.4, 0.5) is 0 Å². The highest BCUT2D eigenvalue weighted by molar-refractivity contribution is 5.82. The van der Waals surface area contributed by atoms with E-state index in [1.165, 1.54) is 6.42 Å². The Balaban J connectivity index is 1.64. The maximum absolute atomic E-state index is 12.0. The summed E-state index contributed by atoms with van der Waals surface area (Å²) >= 11 is 0. The average Bonchev–Trinajstić information content (AvgIpc) is 2.49. The Labute approximate surface area is 120 Å². The van der Waals surface area contributed by atoms with Crippen LogP contribution in [0.2, 0.25) is 0 Å². The van der Waals surface area contributed by atoms with E-state index in [0.29, 0.717) is 13.2 Å². The lowest BCUT2D eigenvalue weighted by molar-refractivity contribution is -0.124. The van der Waals surface area contributed by atoms with Crippen molar-refractivity contribution in [1.82, 2.24) is 10.6 Å². The van der Waals surface area contributed by atoms with E-state index < -0.39 is 0 Å². The smallest absolute Gasteiger partial charge is 0.237 e. The first kappa shape index (κ1) is 15.0. The Morgan fingerprint density at radius 3 is 2.90 bits per heavy atom. The van der Waals surface area contributed by atoms with Gasteiger partial charge in [0.05, 0.1) is 19.3 Å². The predicted octanol–water partition coefficient (Wildman–Crippen LogP) is 1.85. The number of hydrogen-bond acceptors (Lipinski definition) is 3. The molecular weight excluding hydrogens is 252 g/mol. The van der Waals surface area contributed by atoms with Crippen LogP contribution >= 0.6 is 0 Å². The molecule has 110 valence electrons. The molecule has 1 saturated heterocycles. The minimum Gasteiger partial charge on any atom is -0.375 e. The summed E-state index contributed by atoms with van der Waals surface area (Å²) in [7, 11) is 0. The molecule has 1 amide bonds. The van der Waals surface area contributed by atoms with Crippen LogP contribution in [0.3, 0.4) is 0 Å². The molecule has 4 heteroatoms. The summed E-state index contributed by atoms with van der Waals surface area (Å²) in [5.74, 6) is 0.0977. The van der Waals surface area contributed by atoms with E-state index >= 15 is 0 Å². The Bertz CT molecular complexity index is 402. The van der Waals surface area contributed by atoms with Gasteiger partial charge in [0.2, 0.25) is 5.91 Å². The third kappa shape index (κ3) is 4.94. The fourth-order valence-corrected chi connectivity index (χ4v) is 2.39. The summed E-state index contributed by atoms with van der Waals surface area (Å²) in [5, 5.41) is 6.26. The first-order valence-corrected chi connectivity index (χ1v) is 7.41. The van der Waals surface area contributed by atoms with Crippen molar-refractivity contribution in [2.45, 2.75) is 44.9 Å². The van der Waals surface area contributed by atoms with Crippen LogP contribution in [0.5, 0.6) is 0 Å². The summed E-state index contributed by atoms with van der Waals surface area (Å²) in [5.41, 5.74) is 1.15. The van der Waals surface area contributed by atoms with Gasteiger partial charge >= 0.3 is 0 Å². The van der Waals surface area contributed by atoms with E-state index in [-0.39, 0.29) is 18.0 Å². The van der Waals surface area contributed by atoms with E-state index in [1.54, 1.807) is 0 Å². The Hall–Kier alpha value is -1.39. The van der Waals surface area contributed by atoms with Gasteiger partial charge in [-0.15, -0.1) is 0 Å². The van der Waals surface area contributed by atoms with Gasteiger partial charge in [0, 0.05) is 6.04 Å². The number of nitrogens with one attached hydrogen (secondary N) is 2. The third-order valence-corrected chi connectivity index (χ3v) is 3.49. The molecule has 2 rings (SSSR count). The van der Waals surface area contributed by atoms with Crippen molar-refractivity contribution in [3.63, 3.8) is 0 Å². The Morgan fingerprint density at radius 2 is 2.20 bits per heavy atom. The minimum atomic E-state index is -0.0275. The lowest BCUT2D eigenvalue weighted by Gasteiger charge is -2.24. The number of carbonyl (C=O) groups excluding carboxylic acids is 1. The van der Waals surface area contributed by atoms with Crippen LogP contribution in [0, 0.1) is 0 Å². The SMILES string of the molecule is CC(COCc1ccccc1)NC(=O)C1CCCCN1. The standard InChI is InChI=1S/C16H24N2O2/c1-13(11-20-12-14-7-3-2-4-8-14)18-16(19)15-9-5-6-10-17-15/h2-4,7-8,13,15,17H,5-6,9-12H2,1H3,(H,18,19). The molecule has 0 saturated carbocycles. The van der Waals surface area contributed by atoms with E-state index in [1.807, 2.05) is 37.3 Å². The first-order valence-electron chi connectivity index (χ1n) is 7.41. The summed E-state index contributed by atoms with van der Waals surface area (Å²) in [6.07, 6.45) is 3.23. The Kier molecular flexibility index (Phi) is 6.02. The number of hydrogen-bond donors (Lipinski definition) is 2. The second-order valence-electron chi connectivity index (χ2n) is 5.41. The molecule has 0 bridgehead atoms. The third-order valence-electron chi connectivity index (χ3n) is 3.49. The molecule has 1 aromatic rings. The van der Waals surface area contributed by atoms with Gasteiger partial charge in [-0.2, -0.15) is 0 Å². The van der Waals surface area contributed by atoms with Crippen LogP contribution in [0.15, 0.2) is 30.3 Å². The molecule has 1 aromatic carbocycles. The first-order chi connectivity index (χ1) is 9.75. The zero-order valence-electron chi connectivity index (χ0n) is 12.1. The van der Waals surface area contributed by atoms with Gasteiger partial charge in [-0.05, 0) is 31.9 Å². The van der Waals surface area contributed by atoms with E-state index in [9.17, 15) is 4.79 Å². The second-order valence-corrected chi connectivity index (χ2v) is 5.41. The van der Waals surface area contributed by atoms with Crippen LogP contribution in [0.1, 0.15) is 31.7 Å². The fraction of sp³-hybridized carbons (Fsp3) is 0.562. The van der Waals surface area contributed by atoms with Gasteiger partial charge in [0.25, 0.3) is 0 Å². The van der Waals surface area contributed by atoms with Gasteiger partial charge in [-0.25, -0.2) is 0 Å². The second kappa shape index (κ2) is 8.02. The molecule has 0 aliphatic carbocycles. The monoisotopic (exact) mass is 276 g/mol. The molecule has 1 fully saturated rings. The van der Waals surface area contributed by atoms with Crippen molar-refractivity contribution >= 4 is 5.91 Å². The predicted molar refractivity (Wildman–Crippen MR) is 79.3 cm³/mol. The van der Waals surface area contributed by atoms with Crippen LogP contribution in [-0.2, 0) is 16.1 Å². The number of rotatable bonds is 6. The quantitative estimate of drug-likeness (QED) is 0.833. The van der Waals surface area contributed by atoms with Crippen molar-refractivity contribution in [2.75, 3.05) is 13.2 Å². The maximum Gasteiger partial charge on any atom is 0.237 e. The van der Waals surface area contributed by atoms with Crippen molar-refractivity contribution in [3.8, 4) is 0 Å². The zero-order chi connectivity index (χ0) is 14.2. The van der Waals surface area contributed by atoms with Crippen molar-refractivity contribution < 1.29 is 9.53 Å². The van der Waals surface area contributed by atoms with E-state index in [2.05, 4.69) is 10.6 Å². The fourth-order valence-electron chi connectivity index (χ4n) is 2.39. The van der Waals surface area contributed by atoms with Gasteiger partial charge in [-0.1, -0.05) is 36.8 Å². The van der Waals surface area contributed by atoms with Gasteiger partial charge < -0.3 is 15.4 Å². The Morgan fingerprint density at radius 1 is 1.40 bits per heavy atom. The molecule has 1 heterocycles. The number of carbonyl (C=O) groups is 1. The lowest BCUT2D eigenvalue weighted by Crippen LogP contribution is -2.49. The highest BCUT2D eigenvalue weighted by Crippen LogP contribution is 2.07. The molecule has 2 atom stereocenters. The van der Waals surface area contributed by atoms with Gasteiger partial charge in [0.15, 0.2) is 0 Å². The summed E-state index contributed by atoms with van der Waals surface area (Å²) in [4.78, 5) is 12.0. The molecule has 0 spiro atoms. The highest BCUT2D eigenvalue weighted by atomic mass is 16.5. The molecule has 4 nitrogen and oxygen atoms in total. The summed E-state index contributed by atoms with van der Waals surface area (Å²) < 4.78 is 5.63. The van der Waals surface area contributed by atoms with Crippen LogP contribution < -0.4 is 10.6 Å². The maximum atomic E-state index is 12.0. The molecule has 0 radical (unpaired) electrons. The minimum absolute atomic E-state index is 0.0275. The van der Waals surface area contributed by atoms with Crippen molar-refractivity contribution in [2.24, 2.45) is 0 Å². The molecule has 1 aliphatic rings. The molecule has 20 heavy (non-hydrogen) atoms. The summed E-state index contributed by atoms with van der Waals surface area (Å²) in [6.45, 7) is 4.04. The van der Waals surface area contributed by atoms with Crippen molar-refractivity contribution in [1.29, 1.82) is 0 Å². The molecule has 2 N–H and O–H groups in total. The normalized spacial score (nSPS) is 20.4. The highest BCUT2D eigenvalue weighted by Gasteiger charge is 2.21. The van der Waals surface area contributed by atoms with E-state index in [4.69, 9.17) is 4.74 Å². The molecular formula is C16H24N2O2. The number of ether oxygens (including phenoxy) is 1. The van der Waals surface area contributed by atoms with Gasteiger partial charge in [-0.3, -0.25) is 4.79 Å². The summed E-state index contributed by atoms with van der Waals surface area (Å²) in [6, 6.07) is 10.1.